The second-order valence-electron chi connectivity index (χ2n) is 5.68. The molecule has 0 saturated carbocycles. The number of aromatic nitrogens is 1. The molecule has 0 bridgehead atoms. The molecule has 0 amide bonds. The Balaban J connectivity index is 2.14. The van der Waals surface area contributed by atoms with Gasteiger partial charge in [-0.25, -0.2) is 4.98 Å². The highest BCUT2D eigenvalue weighted by molar-refractivity contribution is 5.16. The minimum atomic E-state index is 0.206. The summed E-state index contributed by atoms with van der Waals surface area (Å²) in [5.74, 6) is 0.693. The molecular weight excluding hydrogens is 238 g/mol. The summed E-state index contributed by atoms with van der Waals surface area (Å²) in [6, 6.07) is 6.51. The zero-order valence-corrected chi connectivity index (χ0v) is 12.4. The van der Waals surface area contributed by atoms with Gasteiger partial charge in [-0.1, -0.05) is 13.0 Å². The van der Waals surface area contributed by atoms with Crippen LogP contribution in [0, 0.1) is 0 Å². The van der Waals surface area contributed by atoms with Crippen LogP contribution in [0.5, 0.6) is 5.88 Å². The molecule has 0 radical (unpaired) electrons. The average Bonchev–Trinajstić information content (AvgIpc) is 2.43. The summed E-state index contributed by atoms with van der Waals surface area (Å²) in [5, 5.41) is 3.58. The number of nitrogens with zero attached hydrogens (tertiary/aromatic N) is 2. The Kier molecular flexibility index (Phi) is 4.42. The van der Waals surface area contributed by atoms with Crippen molar-refractivity contribution in [2.45, 2.75) is 45.3 Å². The molecule has 106 valence electrons. The van der Waals surface area contributed by atoms with Crippen LogP contribution >= 0.6 is 0 Å². The molecule has 1 aromatic heterocycles. The second kappa shape index (κ2) is 5.88. The lowest BCUT2D eigenvalue weighted by Crippen LogP contribution is -2.61. The molecule has 2 rings (SSSR count). The lowest BCUT2D eigenvalue weighted by Gasteiger charge is -2.47. The molecule has 4 nitrogen and oxygen atoms in total. The Morgan fingerprint density at radius 1 is 1.53 bits per heavy atom. The van der Waals surface area contributed by atoms with Crippen LogP contribution in [-0.2, 0) is 6.54 Å². The van der Waals surface area contributed by atoms with Gasteiger partial charge >= 0.3 is 0 Å². The van der Waals surface area contributed by atoms with E-state index in [9.17, 15) is 0 Å². The van der Waals surface area contributed by atoms with E-state index in [1.807, 2.05) is 12.1 Å². The Hall–Kier alpha value is -1.13. The molecule has 2 atom stereocenters. The number of hydrogen-bond acceptors (Lipinski definition) is 4. The first-order valence-electron chi connectivity index (χ1n) is 7.06. The molecule has 0 aliphatic carbocycles. The van der Waals surface area contributed by atoms with Crippen LogP contribution in [0.15, 0.2) is 18.2 Å². The number of ether oxygens (including phenoxy) is 1. The van der Waals surface area contributed by atoms with E-state index in [0.29, 0.717) is 11.9 Å². The molecule has 0 spiro atoms. The Labute approximate surface area is 116 Å². The summed E-state index contributed by atoms with van der Waals surface area (Å²) in [6.45, 7) is 9.79. The van der Waals surface area contributed by atoms with Crippen LogP contribution in [0.1, 0.15) is 32.9 Å². The minimum Gasteiger partial charge on any atom is -0.481 e. The first-order chi connectivity index (χ1) is 9.07. The van der Waals surface area contributed by atoms with Crippen molar-refractivity contribution in [3.8, 4) is 5.88 Å². The van der Waals surface area contributed by atoms with Gasteiger partial charge in [-0.15, -0.1) is 0 Å². The summed E-state index contributed by atoms with van der Waals surface area (Å²) in [4.78, 5) is 7.06. The van der Waals surface area contributed by atoms with Gasteiger partial charge in [0, 0.05) is 37.3 Å². The van der Waals surface area contributed by atoms with E-state index in [2.05, 4.69) is 42.0 Å². The SMILES string of the molecule is CCC1(C)CNC(C)CN1Cc1cccc(OC)n1. The predicted molar refractivity (Wildman–Crippen MR) is 77.4 cm³/mol. The molecule has 0 aromatic carbocycles. The summed E-state index contributed by atoms with van der Waals surface area (Å²) < 4.78 is 5.20. The molecule has 2 heterocycles. The van der Waals surface area contributed by atoms with Crippen molar-refractivity contribution in [3.05, 3.63) is 23.9 Å². The zero-order chi connectivity index (χ0) is 13.9. The molecule has 1 fully saturated rings. The van der Waals surface area contributed by atoms with E-state index < -0.39 is 0 Å². The standard InChI is InChI=1S/C15H25N3O/c1-5-15(3)11-16-12(2)9-18(15)10-13-7-6-8-14(17-13)19-4/h6-8,12,16H,5,9-11H2,1-4H3. The zero-order valence-electron chi connectivity index (χ0n) is 12.4. The van der Waals surface area contributed by atoms with Crippen LogP contribution in [0.25, 0.3) is 0 Å². The van der Waals surface area contributed by atoms with Crippen LogP contribution in [0.4, 0.5) is 0 Å². The second-order valence-corrected chi connectivity index (χ2v) is 5.68. The van der Waals surface area contributed by atoms with Crippen LogP contribution in [0.3, 0.4) is 0 Å². The quantitative estimate of drug-likeness (QED) is 0.902. The van der Waals surface area contributed by atoms with Gasteiger partial charge in [0.1, 0.15) is 0 Å². The minimum absolute atomic E-state index is 0.206. The summed E-state index contributed by atoms with van der Waals surface area (Å²) in [5.41, 5.74) is 1.28. The van der Waals surface area contributed by atoms with Gasteiger partial charge in [0.2, 0.25) is 5.88 Å². The monoisotopic (exact) mass is 263 g/mol. The van der Waals surface area contributed by atoms with Crippen molar-refractivity contribution >= 4 is 0 Å². The van der Waals surface area contributed by atoms with Gasteiger partial charge in [-0.05, 0) is 26.3 Å². The number of rotatable bonds is 4. The van der Waals surface area contributed by atoms with Crippen LogP contribution < -0.4 is 10.1 Å². The third kappa shape index (κ3) is 3.25. The topological polar surface area (TPSA) is 37.4 Å². The van der Waals surface area contributed by atoms with Crippen molar-refractivity contribution in [1.29, 1.82) is 0 Å². The van der Waals surface area contributed by atoms with Gasteiger partial charge in [0.15, 0.2) is 0 Å². The number of piperazine rings is 1. The predicted octanol–water partition coefficient (Wildman–Crippen LogP) is 2.05. The van der Waals surface area contributed by atoms with Crippen LogP contribution in [0.2, 0.25) is 0 Å². The fourth-order valence-electron chi connectivity index (χ4n) is 2.58. The molecule has 1 N–H and O–H groups in total. The van der Waals surface area contributed by atoms with Crippen molar-refractivity contribution in [1.82, 2.24) is 15.2 Å². The highest BCUT2D eigenvalue weighted by Crippen LogP contribution is 2.25. The Morgan fingerprint density at radius 3 is 3.00 bits per heavy atom. The molecule has 19 heavy (non-hydrogen) atoms. The lowest BCUT2D eigenvalue weighted by molar-refractivity contribution is 0.0441. The van der Waals surface area contributed by atoms with E-state index >= 15 is 0 Å². The maximum absolute atomic E-state index is 5.20. The van der Waals surface area contributed by atoms with Gasteiger partial charge in [-0.3, -0.25) is 4.90 Å². The van der Waals surface area contributed by atoms with Crippen molar-refractivity contribution in [2.75, 3.05) is 20.2 Å². The van der Waals surface area contributed by atoms with E-state index in [-0.39, 0.29) is 5.54 Å². The van der Waals surface area contributed by atoms with Crippen LogP contribution in [-0.4, -0.2) is 41.7 Å². The molecule has 2 unspecified atom stereocenters. The van der Waals surface area contributed by atoms with Crippen molar-refractivity contribution < 1.29 is 4.74 Å². The first kappa shape index (κ1) is 14.3. The van der Waals surface area contributed by atoms with E-state index in [4.69, 9.17) is 4.74 Å². The highest BCUT2D eigenvalue weighted by Gasteiger charge is 2.35. The summed E-state index contributed by atoms with van der Waals surface area (Å²) in [7, 11) is 1.66. The summed E-state index contributed by atoms with van der Waals surface area (Å²) >= 11 is 0. The van der Waals surface area contributed by atoms with Gasteiger partial charge in [0.05, 0.1) is 12.8 Å². The van der Waals surface area contributed by atoms with E-state index in [0.717, 1.165) is 31.7 Å². The third-order valence-corrected chi connectivity index (χ3v) is 4.19. The molecule has 1 saturated heterocycles. The van der Waals surface area contributed by atoms with Gasteiger partial charge in [0.25, 0.3) is 0 Å². The molecule has 1 aliphatic heterocycles. The maximum atomic E-state index is 5.20. The molecule has 1 aromatic rings. The Bertz CT molecular complexity index is 424. The van der Waals surface area contributed by atoms with Gasteiger partial charge in [-0.2, -0.15) is 0 Å². The molecular formula is C15H25N3O. The number of pyridine rings is 1. The van der Waals surface area contributed by atoms with E-state index in [1.165, 1.54) is 0 Å². The maximum Gasteiger partial charge on any atom is 0.213 e. The average molecular weight is 263 g/mol. The molecule has 1 aliphatic rings. The number of nitrogens with one attached hydrogen (secondary N) is 1. The smallest absolute Gasteiger partial charge is 0.213 e. The van der Waals surface area contributed by atoms with E-state index in [1.54, 1.807) is 7.11 Å². The lowest BCUT2D eigenvalue weighted by atomic mass is 9.92. The first-order valence-corrected chi connectivity index (χ1v) is 7.06. The Morgan fingerprint density at radius 2 is 2.32 bits per heavy atom. The number of hydrogen-bond donors (Lipinski definition) is 1. The normalized spacial score (nSPS) is 28.3. The van der Waals surface area contributed by atoms with Crippen molar-refractivity contribution in [3.63, 3.8) is 0 Å². The number of methoxy groups -OCH3 is 1. The summed E-state index contributed by atoms with van der Waals surface area (Å²) in [6.07, 6.45) is 1.14. The largest absolute Gasteiger partial charge is 0.481 e. The van der Waals surface area contributed by atoms with Gasteiger partial charge < -0.3 is 10.1 Å². The third-order valence-electron chi connectivity index (χ3n) is 4.19. The fraction of sp³-hybridized carbons (Fsp3) is 0.667. The highest BCUT2D eigenvalue weighted by atomic mass is 16.5. The molecule has 4 heteroatoms. The fourth-order valence-corrected chi connectivity index (χ4v) is 2.58. The van der Waals surface area contributed by atoms with Crippen molar-refractivity contribution in [2.24, 2.45) is 0 Å².